The molecule has 2 amide bonds. The third-order valence-electron chi connectivity index (χ3n) is 5.04. The molecule has 0 bridgehead atoms. The summed E-state index contributed by atoms with van der Waals surface area (Å²) in [6, 6.07) is 9.83. The number of aryl methyl sites for hydroxylation is 1. The quantitative estimate of drug-likeness (QED) is 0.768. The summed E-state index contributed by atoms with van der Waals surface area (Å²) in [6.45, 7) is 3.39. The minimum atomic E-state index is -0.468. The molecule has 4 rings (SSSR count). The average molecular weight is 370 g/mol. The highest BCUT2D eigenvalue weighted by Gasteiger charge is 2.25. The molecule has 0 spiro atoms. The summed E-state index contributed by atoms with van der Waals surface area (Å²) in [5.74, 6) is 0.00762. The number of imidazole rings is 1. The minimum absolute atomic E-state index is 0.0811. The van der Waals surface area contributed by atoms with Crippen LogP contribution in [0.1, 0.15) is 17.0 Å². The lowest BCUT2D eigenvalue weighted by atomic mass is 9.99. The number of nitrogens with zero attached hydrogens (tertiary/aromatic N) is 3. The zero-order valence-corrected chi connectivity index (χ0v) is 15.0. The van der Waals surface area contributed by atoms with Gasteiger partial charge in [-0.15, -0.1) is 0 Å². The van der Waals surface area contributed by atoms with Crippen LogP contribution >= 0.6 is 0 Å². The Bertz CT molecular complexity index is 1010. The number of halogens is 2. The highest BCUT2D eigenvalue weighted by atomic mass is 19.1. The summed E-state index contributed by atoms with van der Waals surface area (Å²) in [4.78, 5) is 18.5. The van der Waals surface area contributed by atoms with Crippen molar-refractivity contribution in [1.29, 1.82) is 0 Å². The van der Waals surface area contributed by atoms with Crippen LogP contribution in [-0.2, 0) is 19.5 Å². The SMILES string of the molecule is Cc1nc2ccccc2n1CCNC(=O)N1CCc2c(F)ccc(F)c2C1. The molecule has 0 unspecified atom stereocenters. The molecule has 1 aliphatic heterocycles. The summed E-state index contributed by atoms with van der Waals surface area (Å²) >= 11 is 0. The number of carbonyl (C=O) groups excluding carboxylic acids is 1. The molecule has 2 heterocycles. The fraction of sp³-hybridized carbons (Fsp3) is 0.300. The normalized spacial score (nSPS) is 13.7. The Morgan fingerprint density at radius 3 is 2.70 bits per heavy atom. The van der Waals surface area contributed by atoms with Crippen LogP contribution in [0, 0.1) is 18.6 Å². The number of urea groups is 1. The first-order chi connectivity index (χ1) is 13.0. The van der Waals surface area contributed by atoms with E-state index in [1.54, 1.807) is 0 Å². The molecule has 0 saturated carbocycles. The summed E-state index contributed by atoms with van der Waals surface area (Å²) in [5.41, 5.74) is 2.59. The van der Waals surface area contributed by atoms with Crippen molar-refractivity contribution in [3.63, 3.8) is 0 Å². The maximum atomic E-state index is 14.0. The first-order valence-corrected chi connectivity index (χ1v) is 8.95. The van der Waals surface area contributed by atoms with Gasteiger partial charge in [-0.05, 0) is 43.2 Å². The third kappa shape index (κ3) is 3.25. The van der Waals surface area contributed by atoms with Gasteiger partial charge in [0.15, 0.2) is 0 Å². The molecule has 140 valence electrons. The van der Waals surface area contributed by atoms with Crippen molar-refractivity contribution >= 4 is 17.1 Å². The van der Waals surface area contributed by atoms with Gasteiger partial charge < -0.3 is 14.8 Å². The van der Waals surface area contributed by atoms with E-state index in [2.05, 4.69) is 14.9 Å². The number of amides is 2. The number of para-hydroxylation sites is 2. The predicted molar refractivity (Wildman–Crippen MR) is 98.3 cm³/mol. The summed E-state index contributed by atoms with van der Waals surface area (Å²) < 4.78 is 29.8. The van der Waals surface area contributed by atoms with Crippen molar-refractivity contribution in [3.05, 3.63) is 65.0 Å². The molecule has 2 aromatic carbocycles. The van der Waals surface area contributed by atoms with Crippen molar-refractivity contribution in [1.82, 2.24) is 19.8 Å². The van der Waals surface area contributed by atoms with E-state index in [1.165, 1.54) is 4.90 Å². The van der Waals surface area contributed by atoms with E-state index in [0.717, 1.165) is 29.0 Å². The van der Waals surface area contributed by atoms with Gasteiger partial charge in [-0.1, -0.05) is 12.1 Å². The first kappa shape index (κ1) is 17.5. The Labute approximate surface area is 155 Å². The van der Waals surface area contributed by atoms with Gasteiger partial charge >= 0.3 is 6.03 Å². The van der Waals surface area contributed by atoms with Crippen LogP contribution in [0.2, 0.25) is 0 Å². The lowest BCUT2D eigenvalue weighted by Crippen LogP contribution is -2.44. The van der Waals surface area contributed by atoms with E-state index < -0.39 is 11.6 Å². The van der Waals surface area contributed by atoms with Gasteiger partial charge in [-0.25, -0.2) is 18.6 Å². The van der Waals surface area contributed by atoms with Gasteiger partial charge in [0.1, 0.15) is 17.5 Å². The van der Waals surface area contributed by atoms with E-state index in [4.69, 9.17) is 0 Å². The molecular weight excluding hydrogens is 350 g/mol. The Morgan fingerprint density at radius 2 is 1.89 bits per heavy atom. The van der Waals surface area contributed by atoms with Crippen LogP contribution in [0.4, 0.5) is 13.6 Å². The zero-order valence-electron chi connectivity index (χ0n) is 15.0. The van der Waals surface area contributed by atoms with Crippen LogP contribution in [0.15, 0.2) is 36.4 Å². The lowest BCUT2D eigenvalue weighted by Gasteiger charge is -2.29. The number of rotatable bonds is 3. The van der Waals surface area contributed by atoms with Crippen LogP contribution in [-0.4, -0.2) is 33.6 Å². The molecule has 0 atom stereocenters. The van der Waals surface area contributed by atoms with Gasteiger partial charge in [0, 0.05) is 25.2 Å². The second kappa shape index (κ2) is 6.98. The van der Waals surface area contributed by atoms with Gasteiger partial charge in [-0.2, -0.15) is 0 Å². The highest BCUT2D eigenvalue weighted by Crippen LogP contribution is 2.24. The second-order valence-corrected chi connectivity index (χ2v) is 6.69. The number of benzene rings is 2. The fourth-order valence-corrected chi connectivity index (χ4v) is 3.63. The molecule has 7 heteroatoms. The Balaban J connectivity index is 1.40. The standard InChI is InChI=1S/C20H20F2N4O/c1-13-24-18-4-2-3-5-19(18)26(13)11-9-23-20(27)25-10-8-14-15(12-25)17(22)7-6-16(14)21/h2-7H,8-12H2,1H3,(H,23,27). The summed E-state index contributed by atoms with van der Waals surface area (Å²) in [5, 5.41) is 2.87. The number of hydrogen-bond acceptors (Lipinski definition) is 2. The van der Waals surface area contributed by atoms with Crippen LogP contribution in [0.25, 0.3) is 11.0 Å². The molecule has 0 aliphatic carbocycles. The monoisotopic (exact) mass is 370 g/mol. The second-order valence-electron chi connectivity index (χ2n) is 6.69. The molecule has 0 fully saturated rings. The first-order valence-electron chi connectivity index (χ1n) is 8.95. The smallest absolute Gasteiger partial charge is 0.317 e. The Hall–Kier alpha value is -2.96. The molecule has 1 N–H and O–H groups in total. The predicted octanol–water partition coefficient (Wildman–Crippen LogP) is 3.39. The van der Waals surface area contributed by atoms with Crippen LogP contribution in [0.3, 0.4) is 0 Å². The van der Waals surface area contributed by atoms with Crippen LogP contribution < -0.4 is 5.32 Å². The van der Waals surface area contributed by atoms with Crippen molar-refractivity contribution in [3.8, 4) is 0 Å². The third-order valence-corrected chi connectivity index (χ3v) is 5.04. The molecule has 5 nitrogen and oxygen atoms in total. The summed E-state index contributed by atoms with van der Waals surface area (Å²) in [7, 11) is 0. The van der Waals surface area contributed by atoms with E-state index in [-0.39, 0.29) is 18.1 Å². The summed E-state index contributed by atoms with van der Waals surface area (Å²) in [6.07, 6.45) is 0.317. The topological polar surface area (TPSA) is 50.2 Å². The van der Waals surface area contributed by atoms with E-state index >= 15 is 0 Å². The van der Waals surface area contributed by atoms with E-state index in [1.807, 2.05) is 31.2 Å². The van der Waals surface area contributed by atoms with Gasteiger partial charge in [-0.3, -0.25) is 0 Å². The maximum Gasteiger partial charge on any atom is 0.317 e. The molecule has 27 heavy (non-hydrogen) atoms. The minimum Gasteiger partial charge on any atom is -0.336 e. The van der Waals surface area contributed by atoms with E-state index in [0.29, 0.717) is 31.6 Å². The average Bonchev–Trinajstić information content (AvgIpc) is 3.00. The number of fused-ring (bicyclic) bond motifs is 2. The van der Waals surface area contributed by atoms with Crippen molar-refractivity contribution in [2.45, 2.75) is 26.4 Å². The zero-order chi connectivity index (χ0) is 19.0. The number of aromatic nitrogens is 2. The molecular formula is C20H20F2N4O. The van der Waals surface area contributed by atoms with Gasteiger partial charge in [0.25, 0.3) is 0 Å². The number of carbonyl (C=O) groups is 1. The molecule has 0 radical (unpaired) electrons. The van der Waals surface area contributed by atoms with Crippen molar-refractivity contribution < 1.29 is 13.6 Å². The molecule has 0 saturated heterocycles. The lowest BCUT2D eigenvalue weighted by molar-refractivity contribution is 0.190. The number of hydrogen-bond donors (Lipinski definition) is 1. The van der Waals surface area contributed by atoms with Gasteiger partial charge in [0.05, 0.1) is 17.6 Å². The maximum absolute atomic E-state index is 14.0. The molecule has 3 aromatic rings. The largest absolute Gasteiger partial charge is 0.336 e. The fourth-order valence-electron chi connectivity index (χ4n) is 3.63. The van der Waals surface area contributed by atoms with Crippen molar-refractivity contribution in [2.75, 3.05) is 13.1 Å². The Morgan fingerprint density at radius 1 is 1.15 bits per heavy atom. The van der Waals surface area contributed by atoms with Crippen molar-refractivity contribution in [2.24, 2.45) is 0 Å². The molecule has 1 aliphatic rings. The number of nitrogens with one attached hydrogen (secondary N) is 1. The highest BCUT2D eigenvalue weighted by molar-refractivity contribution is 5.76. The van der Waals surface area contributed by atoms with E-state index in [9.17, 15) is 13.6 Å². The Kier molecular flexibility index (Phi) is 4.51. The van der Waals surface area contributed by atoms with Gasteiger partial charge in [0.2, 0.25) is 0 Å². The molecule has 1 aromatic heterocycles. The van der Waals surface area contributed by atoms with Crippen LogP contribution in [0.5, 0.6) is 0 Å².